The highest BCUT2D eigenvalue weighted by atomic mass is 15.2. The highest BCUT2D eigenvalue weighted by Crippen LogP contribution is 2.16. The van der Waals surface area contributed by atoms with Crippen molar-refractivity contribution in [2.24, 2.45) is 16.3 Å². The van der Waals surface area contributed by atoms with E-state index in [-0.39, 0.29) is 0 Å². The van der Waals surface area contributed by atoms with Gasteiger partial charge in [0.1, 0.15) is 0 Å². The van der Waals surface area contributed by atoms with E-state index in [1.807, 2.05) is 0 Å². The van der Waals surface area contributed by atoms with Crippen LogP contribution in [0.25, 0.3) is 0 Å². The number of aliphatic imine (C=N–C) groups is 1. The Morgan fingerprint density at radius 1 is 1.57 bits per heavy atom. The van der Waals surface area contributed by atoms with E-state index in [2.05, 4.69) is 43.3 Å². The zero-order valence-electron chi connectivity index (χ0n) is 9.85. The summed E-state index contributed by atoms with van der Waals surface area (Å²) in [5.41, 5.74) is 0.307. The van der Waals surface area contributed by atoms with Gasteiger partial charge in [-0.3, -0.25) is 4.99 Å². The molecule has 0 aromatic heterocycles. The highest BCUT2D eigenvalue weighted by molar-refractivity contribution is 5.80. The first-order valence-electron chi connectivity index (χ1n) is 5.56. The van der Waals surface area contributed by atoms with Gasteiger partial charge in [0.05, 0.1) is 0 Å². The molecule has 0 amide bonds. The van der Waals surface area contributed by atoms with Crippen LogP contribution in [0, 0.1) is 11.3 Å². The minimum Gasteiger partial charge on any atom is -0.356 e. The van der Waals surface area contributed by atoms with Crippen molar-refractivity contribution >= 4 is 5.96 Å². The second-order valence-electron chi connectivity index (χ2n) is 5.08. The summed E-state index contributed by atoms with van der Waals surface area (Å²) in [7, 11) is 0. The maximum atomic E-state index is 4.48. The SMILES string of the molecule is CCC(C)CNC1=NCC(C)(C)CN1. The van der Waals surface area contributed by atoms with E-state index < -0.39 is 0 Å². The van der Waals surface area contributed by atoms with Crippen molar-refractivity contribution in [3.8, 4) is 0 Å². The maximum absolute atomic E-state index is 4.48. The van der Waals surface area contributed by atoms with Gasteiger partial charge in [0, 0.05) is 25.0 Å². The number of nitrogens with one attached hydrogen (secondary N) is 2. The normalized spacial score (nSPS) is 22.1. The molecule has 1 aliphatic rings. The summed E-state index contributed by atoms with van der Waals surface area (Å²) >= 11 is 0. The third kappa shape index (κ3) is 3.56. The van der Waals surface area contributed by atoms with Crippen molar-refractivity contribution in [3.05, 3.63) is 0 Å². The standard InChI is InChI=1S/C11H23N3/c1-5-9(2)6-12-10-13-7-11(3,4)8-14-10/h9H,5-8H2,1-4H3,(H2,12,13,14). The summed E-state index contributed by atoms with van der Waals surface area (Å²) < 4.78 is 0. The number of rotatable bonds is 3. The monoisotopic (exact) mass is 197 g/mol. The molecule has 2 N–H and O–H groups in total. The second kappa shape index (κ2) is 4.67. The average Bonchev–Trinajstić information content (AvgIpc) is 2.16. The quantitative estimate of drug-likeness (QED) is 0.721. The molecule has 0 saturated heterocycles. The summed E-state index contributed by atoms with van der Waals surface area (Å²) in [6.07, 6.45) is 1.21. The molecule has 1 heterocycles. The van der Waals surface area contributed by atoms with Crippen LogP contribution < -0.4 is 10.6 Å². The molecule has 3 nitrogen and oxygen atoms in total. The Morgan fingerprint density at radius 3 is 2.79 bits per heavy atom. The van der Waals surface area contributed by atoms with Crippen molar-refractivity contribution in [2.45, 2.75) is 34.1 Å². The smallest absolute Gasteiger partial charge is 0.191 e. The molecular weight excluding hydrogens is 174 g/mol. The fourth-order valence-electron chi connectivity index (χ4n) is 1.26. The summed E-state index contributed by atoms with van der Waals surface area (Å²) in [4.78, 5) is 4.48. The number of hydrogen-bond donors (Lipinski definition) is 2. The highest BCUT2D eigenvalue weighted by Gasteiger charge is 2.21. The van der Waals surface area contributed by atoms with Crippen molar-refractivity contribution in [2.75, 3.05) is 19.6 Å². The van der Waals surface area contributed by atoms with Crippen LogP contribution in [0.4, 0.5) is 0 Å². The van der Waals surface area contributed by atoms with Crippen molar-refractivity contribution in [1.82, 2.24) is 10.6 Å². The molecule has 1 atom stereocenters. The lowest BCUT2D eigenvalue weighted by Crippen LogP contribution is -2.48. The molecule has 0 aliphatic carbocycles. The number of hydrogen-bond acceptors (Lipinski definition) is 3. The van der Waals surface area contributed by atoms with Crippen LogP contribution in [0.3, 0.4) is 0 Å². The lowest BCUT2D eigenvalue weighted by molar-refractivity contribution is 0.357. The largest absolute Gasteiger partial charge is 0.356 e. The van der Waals surface area contributed by atoms with E-state index in [9.17, 15) is 0 Å². The van der Waals surface area contributed by atoms with E-state index in [1.54, 1.807) is 0 Å². The van der Waals surface area contributed by atoms with Crippen LogP contribution in [-0.2, 0) is 0 Å². The summed E-state index contributed by atoms with van der Waals surface area (Å²) in [5, 5.41) is 6.68. The fourth-order valence-corrected chi connectivity index (χ4v) is 1.26. The molecule has 82 valence electrons. The first kappa shape index (κ1) is 11.3. The molecule has 1 aliphatic heterocycles. The van der Waals surface area contributed by atoms with Gasteiger partial charge in [-0.25, -0.2) is 0 Å². The molecule has 0 spiro atoms. The zero-order chi connectivity index (χ0) is 10.6. The number of guanidine groups is 1. The Balaban J connectivity index is 2.30. The van der Waals surface area contributed by atoms with Gasteiger partial charge in [-0.15, -0.1) is 0 Å². The van der Waals surface area contributed by atoms with Crippen LogP contribution >= 0.6 is 0 Å². The second-order valence-corrected chi connectivity index (χ2v) is 5.08. The molecular formula is C11H23N3. The summed E-state index contributed by atoms with van der Waals surface area (Å²) in [6.45, 7) is 11.9. The van der Waals surface area contributed by atoms with E-state index in [0.29, 0.717) is 5.41 Å². The van der Waals surface area contributed by atoms with Gasteiger partial charge in [-0.1, -0.05) is 34.1 Å². The molecule has 14 heavy (non-hydrogen) atoms. The van der Waals surface area contributed by atoms with Gasteiger partial charge in [0.25, 0.3) is 0 Å². The third-order valence-electron chi connectivity index (χ3n) is 2.71. The van der Waals surface area contributed by atoms with Crippen molar-refractivity contribution < 1.29 is 0 Å². The Hall–Kier alpha value is -0.730. The van der Waals surface area contributed by atoms with Gasteiger partial charge >= 0.3 is 0 Å². The molecule has 0 aromatic carbocycles. The summed E-state index contributed by atoms with van der Waals surface area (Å²) in [6, 6.07) is 0. The van der Waals surface area contributed by atoms with Gasteiger partial charge in [0.15, 0.2) is 5.96 Å². The van der Waals surface area contributed by atoms with Crippen LogP contribution in [-0.4, -0.2) is 25.6 Å². The molecule has 1 unspecified atom stereocenters. The van der Waals surface area contributed by atoms with Gasteiger partial charge in [-0.05, 0) is 5.92 Å². The van der Waals surface area contributed by atoms with E-state index in [4.69, 9.17) is 0 Å². The van der Waals surface area contributed by atoms with Crippen molar-refractivity contribution in [1.29, 1.82) is 0 Å². The molecule has 0 radical (unpaired) electrons. The molecule has 0 aromatic rings. The van der Waals surface area contributed by atoms with Crippen LogP contribution in [0.1, 0.15) is 34.1 Å². The minimum atomic E-state index is 0.307. The lowest BCUT2D eigenvalue weighted by Gasteiger charge is -2.29. The Bertz CT molecular complexity index is 209. The molecule has 0 fully saturated rings. The predicted molar refractivity (Wildman–Crippen MR) is 61.5 cm³/mol. The fraction of sp³-hybridized carbons (Fsp3) is 0.909. The first-order valence-corrected chi connectivity index (χ1v) is 5.56. The Labute approximate surface area is 87.4 Å². The maximum Gasteiger partial charge on any atom is 0.191 e. The third-order valence-corrected chi connectivity index (χ3v) is 2.71. The molecule has 3 heteroatoms. The minimum absolute atomic E-state index is 0.307. The lowest BCUT2D eigenvalue weighted by atomic mass is 9.93. The van der Waals surface area contributed by atoms with Crippen LogP contribution in [0.5, 0.6) is 0 Å². The molecule has 0 bridgehead atoms. The first-order chi connectivity index (χ1) is 6.53. The molecule has 0 saturated carbocycles. The van der Waals surface area contributed by atoms with E-state index >= 15 is 0 Å². The van der Waals surface area contributed by atoms with Gasteiger partial charge < -0.3 is 10.6 Å². The van der Waals surface area contributed by atoms with Gasteiger partial charge in [0.2, 0.25) is 0 Å². The Kier molecular flexibility index (Phi) is 3.78. The molecule has 1 rings (SSSR count). The number of nitrogens with zero attached hydrogens (tertiary/aromatic N) is 1. The summed E-state index contributed by atoms with van der Waals surface area (Å²) in [5.74, 6) is 1.69. The van der Waals surface area contributed by atoms with Gasteiger partial charge in [-0.2, -0.15) is 0 Å². The van der Waals surface area contributed by atoms with Crippen molar-refractivity contribution in [3.63, 3.8) is 0 Å². The zero-order valence-corrected chi connectivity index (χ0v) is 9.85. The van der Waals surface area contributed by atoms with Crippen LogP contribution in [0.15, 0.2) is 4.99 Å². The predicted octanol–water partition coefficient (Wildman–Crippen LogP) is 1.61. The average molecular weight is 197 g/mol. The van der Waals surface area contributed by atoms with E-state index in [0.717, 1.165) is 31.5 Å². The Morgan fingerprint density at radius 2 is 2.29 bits per heavy atom. The van der Waals surface area contributed by atoms with Crippen LogP contribution in [0.2, 0.25) is 0 Å². The topological polar surface area (TPSA) is 36.4 Å². The van der Waals surface area contributed by atoms with E-state index in [1.165, 1.54) is 6.42 Å².